The van der Waals surface area contributed by atoms with Crippen LogP contribution in [0, 0.1) is 11.3 Å². The largest absolute Gasteiger partial charge is 0.492 e. The van der Waals surface area contributed by atoms with Crippen molar-refractivity contribution in [2.45, 2.75) is 4.90 Å². The van der Waals surface area contributed by atoms with Gasteiger partial charge in [0.15, 0.2) is 0 Å². The summed E-state index contributed by atoms with van der Waals surface area (Å²) in [6.07, 6.45) is 1.97. The molecular weight excluding hydrogens is 268 g/mol. The van der Waals surface area contributed by atoms with Crippen LogP contribution < -0.4 is 10.1 Å². The zero-order valence-corrected chi connectivity index (χ0v) is 12.1. The minimum Gasteiger partial charge on any atom is -0.492 e. The van der Waals surface area contributed by atoms with Crippen molar-refractivity contribution in [1.82, 2.24) is 0 Å². The second kappa shape index (κ2) is 7.46. The Morgan fingerprint density at radius 3 is 2.65 bits per heavy atom. The van der Waals surface area contributed by atoms with E-state index in [1.165, 1.54) is 0 Å². The summed E-state index contributed by atoms with van der Waals surface area (Å²) in [7, 11) is 0. The molecule has 0 atom stereocenters. The van der Waals surface area contributed by atoms with E-state index in [1.807, 2.05) is 54.8 Å². The number of thioether (sulfide) groups is 1. The van der Waals surface area contributed by atoms with Gasteiger partial charge in [-0.15, -0.1) is 11.8 Å². The molecule has 102 valence electrons. The number of benzene rings is 2. The van der Waals surface area contributed by atoms with E-state index in [-0.39, 0.29) is 0 Å². The summed E-state index contributed by atoms with van der Waals surface area (Å²) in [6.45, 7) is 1.21. The topological polar surface area (TPSA) is 45.0 Å². The lowest BCUT2D eigenvalue weighted by molar-refractivity contribution is 0.333. The second-order valence-corrected chi connectivity index (χ2v) is 4.93. The third kappa shape index (κ3) is 3.69. The number of para-hydroxylation sites is 1. The lowest BCUT2D eigenvalue weighted by Crippen LogP contribution is -2.12. The molecule has 0 saturated heterocycles. The molecule has 0 saturated carbocycles. The molecule has 0 aliphatic heterocycles. The zero-order chi connectivity index (χ0) is 14.2. The quantitative estimate of drug-likeness (QED) is 0.648. The van der Waals surface area contributed by atoms with Gasteiger partial charge >= 0.3 is 0 Å². The van der Waals surface area contributed by atoms with Crippen molar-refractivity contribution in [3.8, 4) is 11.8 Å². The number of ether oxygens (including phenoxy) is 1. The van der Waals surface area contributed by atoms with Gasteiger partial charge in [-0.2, -0.15) is 5.26 Å². The molecule has 20 heavy (non-hydrogen) atoms. The van der Waals surface area contributed by atoms with E-state index in [1.54, 1.807) is 11.8 Å². The molecule has 2 aromatic rings. The van der Waals surface area contributed by atoms with E-state index < -0.39 is 0 Å². The van der Waals surface area contributed by atoms with Crippen LogP contribution in [0.2, 0.25) is 0 Å². The zero-order valence-electron chi connectivity index (χ0n) is 11.3. The van der Waals surface area contributed by atoms with Gasteiger partial charge in [0, 0.05) is 11.4 Å². The molecule has 0 aromatic heterocycles. The Balaban J connectivity index is 1.90. The first kappa shape index (κ1) is 14.3. The highest BCUT2D eigenvalue weighted by Gasteiger charge is 2.06. The van der Waals surface area contributed by atoms with Gasteiger partial charge in [-0.05, 0) is 30.5 Å². The molecule has 0 spiro atoms. The Bertz CT molecular complexity index is 593. The van der Waals surface area contributed by atoms with E-state index in [4.69, 9.17) is 4.74 Å². The van der Waals surface area contributed by atoms with Gasteiger partial charge in [-0.3, -0.25) is 0 Å². The SMILES string of the molecule is CSc1cccc(NCCOc2ccccc2)c1C#N. The molecule has 3 nitrogen and oxygen atoms in total. The third-order valence-electron chi connectivity index (χ3n) is 2.79. The molecule has 0 heterocycles. The average molecular weight is 284 g/mol. The van der Waals surface area contributed by atoms with Gasteiger partial charge < -0.3 is 10.1 Å². The molecule has 0 bridgehead atoms. The number of hydrogen-bond donors (Lipinski definition) is 1. The molecule has 0 aliphatic carbocycles. The first-order valence-electron chi connectivity index (χ1n) is 6.34. The van der Waals surface area contributed by atoms with E-state index in [2.05, 4.69) is 11.4 Å². The van der Waals surface area contributed by atoms with Crippen LogP contribution in [0.1, 0.15) is 5.56 Å². The minimum atomic E-state index is 0.554. The highest BCUT2D eigenvalue weighted by Crippen LogP contribution is 2.26. The van der Waals surface area contributed by atoms with Crippen LogP contribution in [0.5, 0.6) is 5.75 Å². The second-order valence-electron chi connectivity index (χ2n) is 4.08. The summed E-state index contributed by atoms with van der Waals surface area (Å²) in [5.74, 6) is 0.854. The highest BCUT2D eigenvalue weighted by atomic mass is 32.2. The van der Waals surface area contributed by atoms with Crippen molar-refractivity contribution >= 4 is 17.4 Å². The van der Waals surface area contributed by atoms with Gasteiger partial charge in [0.1, 0.15) is 18.4 Å². The summed E-state index contributed by atoms with van der Waals surface area (Å²) < 4.78 is 5.61. The molecule has 0 radical (unpaired) electrons. The Kier molecular flexibility index (Phi) is 5.33. The van der Waals surface area contributed by atoms with Crippen molar-refractivity contribution in [3.63, 3.8) is 0 Å². The fourth-order valence-electron chi connectivity index (χ4n) is 1.84. The van der Waals surface area contributed by atoms with Crippen molar-refractivity contribution < 1.29 is 4.74 Å². The molecule has 4 heteroatoms. The van der Waals surface area contributed by atoms with Crippen LogP contribution in [0.25, 0.3) is 0 Å². The maximum atomic E-state index is 9.23. The van der Waals surface area contributed by atoms with Gasteiger partial charge in [-0.25, -0.2) is 0 Å². The molecule has 0 aliphatic rings. The van der Waals surface area contributed by atoms with Crippen LogP contribution in [0.4, 0.5) is 5.69 Å². The Morgan fingerprint density at radius 2 is 1.95 bits per heavy atom. The fraction of sp³-hybridized carbons (Fsp3) is 0.188. The number of anilines is 1. The van der Waals surface area contributed by atoms with Gasteiger partial charge in [0.25, 0.3) is 0 Å². The summed E-state index contributed by atoms with van der Waals surface area (Å²) in [6, 6.07) is 17.8. The number of nitrogens with one attached hydrogen (secondary N) is 1. The van der Waals surface area contributed by atoms with Crippen LogP contribution in [-0.2, 0) is 0 Å². The number of nitrogens with zero attached hydrogens (tertiary/aromatic N) is 1. The molecule has 0 unspecified atom stereocenters. The Morgan fingerprint density at radius 1 is 1.15 bits per heavy atom. The van der Waals surface area contributed by atoms with Crippen molar-refractivity contribution in [2.75, 3.05) is 24.7 Å². The van der Waals surface area contributed by atoms with Crippen molar-refractivity contribution in [1.29, 1.82) is 5.26 Å². The van der Waals surface area contributed by atoms with E-state index in [0.29, 0.717) is 18.7 Å². The number of hydrogen-bond acceptors (Lipinski definition) is 4. The van der Waals surface area contributed by atoms with E-state index >= 15 is 0 Å². The van der Waals surface area contributed by atoms with Gasteiger partial charge in [0.05, 0.1) is 11.3 Å². The standard InChI is InChI=1S/C16H16N2OS/c1-20-16-9-5-8-15(14(16)12-17)18-10-11-19-13-6-3-2-4-7-13/h2-9,18H,10-11H2,1H3. The maximum absolute atomic E-state index is 9.23. The van der Waals surface area contributed by atoms with Gasteiger partial charge in [-0.1, -0.05) is 24.3 Å². The molecule has 1 N–H and O–H groups in total. The molecule has 0 fully saturated rings. The summed E-state index contributed by atoms with van der Waals surface area (Å²) >= 11 is 1.58. The predicted octanol–water partition coefficient (Wildman–Crippen LogP) is 3.77. The van der Waals surface area contributed by atoms with Crippen LogP contribution in [-0.4, -0.2) is 19.4 Å². The van der Waals surface area contributed by atoms with Gasteiger partial charge in [0.2, 0.25) is 0 Å². The van der Waals surface area contributed by atoms with Crippen LogP contribution >= 0.6 is 11.8 Å². The smallest absolute Gasteiger partial charge is 0.119 e. The third-order valence-corrected chi connectivity index (χ3v) is 3.57. The monoisotopic (exact) mass is 284 g/mol. The first-order chi connectivity index (χ1) is 9.85. The van der Waals surface area contributed by atoms with Crippen LogP contribution in [0.15, 0.2) is 53.4 Å². The fourth-order valence-corrected chi connectivity index (χ4v) is 2.41. The van der Waals surface area contributed by atoms with E-state index in [9.17, 15) is 5.26 Å². The lowest BCUT2D eigenvalue weighted by Gasteiger charge is -2.11. The van der Waals surface area contributed by atoms with Crippen molar-refractivity contribution in [2.24, 2.45) is 0 Å². The molecular formula is C16H16N2OS. The molecule has 2 rings (SSSR count). The predicted molar refractivity (Wildman–Crippen MR) is 83.4 cm³/mol. The molecule has 0 amide bonds. The Labute approximate surface area is 123 Å². The first-order valence-corrected chi connectivity index (χ1v) is 7.56. The number of rotatable bonds is 6. The maximum Gasteiger partial charge on any atom is 0.119 e. The average Bonchev–Trinajstić information content (AvgIpc) is 2.52. The summed E-state index contributed by atoms with van der Waals surface area (Å²) in [5, 5.41) is 12.5. The minimum absolute atomic E-state index is 0.554. The molecule has 2 aromatic carbocycles. The lowest BCUT2D eigenvalue weighted by atomic mass is 10.2. The van der Waals surface area contributed by atoms with Crippen molar-refractivity contribution in [3.05, 3.63) is 54.1 Å². The van der Waals surface area contributed by atoms with E-state index in [0.717, 1.165) is 16.3 Å². The number of nitriles is 1. The Hall–Kier alpha value is -2.12. The normalized spacial score (nSPS) is 9.80. The van der Waals surface area contributed by atoms with Crippen LogP contribution in [0.3, 0.4) is 0 Å². The highest BCUT2D eigenvalue weighted by molar-refractivity contribution is 7.98. The summed E-state index contributed by atoms with van der Waals surface area (Å²) in [5.41, 5.74) is 1.55. The summed E-state index contributed by atoms with van der Waals surface area (Å²) in [4.78, 5) is 0.987.